The molecule has 1 aliphatic heterocycles. The Labute approximate surface area is 65.0 Å². The molecule has 2 aliphatic rings. The SMILES string of the molecule is NC1=CC=C(C2NON2)CC1. The van der Waals surface area contributed by atoms with Gasteiger partial charge in [-0.25, -0.2) is 4.94 Å². The first-order valence-corrected chi connectivity index (χ1v) is 3.68. The van der Waals surface area contributed by atoms with Gasteiger partial charge in [0.15, 0.2) is 0 Å². The zero-order chi connectivity index (χ0) is 7.68. The number of hydrogen-bond acceptors (Lipinski definition) is 4. The predicted octanol–water partition coefficient (Wildman–Crippen LogP) is -0.0853. The second-order valence-electron chi connectivity index (χ2n) is 2.75. The molecule has 0 aromatic heterocycles. The third-order valence-corrected chi connectivity index (χ3v) is 1.94. The van der Waals surface area contributed by atoms with Crippen LogP contribution in [0, 0.1) is 0 Å². The minimum atomic E-state index is 0.194. The first kappa shape index (κ1) is 6.84. The Bertz CT molecular complexity index is 218. The molecule has 60 valence electrons. The number of allylic oxidation sites excluding steroid dienone is 3. The van der Waals surface area contributed by atoms with Crippen molar-refractivity contribution in [2.75, 3.05) is 0 Å². The number of rotatable bonds is 1. The van der Waals surface area contributed by atoms with Gasteiger partial charge in [-0.1, -0.05) is 6.08 Å². The molecule has 1 saturated heterocycles. The molecule has 2 rings (SSSR count). The van der Waals surface area contributed by atoms with Crippen LogP contribution in [-0.4, -0.2) is 6.17 Å². The summed E-state index contributed by atoms with van der Waals surface area (Å²) in [6.07, 6.45) is 6.13. The Hall–Kier alpha value is -0.840. The van der Waals surface area contributed by atoms with Crippen LogP contribution in [0.2, 0.25) is 0 Å². The van der Waals surface area contributed by atoms with Gasteiger partial charge in [0.25, 0.3) is 0 Å². The number of hydrogen-bond donors (Lipinski definition) is 3. The lowest BCUT2D eigenvalue weighted by Gasteiger charge is -2.30. The molecule has 0 bridgehead atoms. The second kappa shape index (κ2) is 2.65. The van der Waals surface area contributed by atoms with Crippen LogP contribution in [-0.2, 0) is 4.94 Å². The van der Waals surface area contributed by atoms with Gasteiger partial charge < -0.3 is 5.73 Å². The van der Waals surface area contributed by atoms with E-state index in [1.807, 2.05) is 12.2 Å². The normalized spacial score (nSPS) is 25.5. The maximum Gasteiger partial charge on any atom is 0.130 e. The van der Waals surface area contributed by atoms with Crippen molar-refractivity contribution in [1.82, 2.24) is 11.0 Å². The van der Waals surface area contributed by atoms with Crippen molar-refractivity contribution in [3.63, 3.8) is 0 Å². The Morgan fingerprint density at radius 1 is 1.36 bits per heavy atom. The molecule has 0 radical (unpaired) electrons. The number of nitrogens with one attached hydrogen (secondary N) is 2. The molecule has 0 unspecified atom stereocenters. The Kier molecular flexibility index (Phi) is 1.65. The highest BCUT2D eigenvalue weighted by atomic mass is 16.8. The van der Waals surface area contributed by atoms with Gasteiger partial charge in [-0.05, 0) is 24.5 Å². The number of nitrogens with two attached hydrogens (primary N) is 1. The van der Waals surface area contributed by atoms with Crippen molar-refractivity contribution in [2.24, 2.45) is 5.73 Å². The molecule has 4 heteroatoms. The lowest BCUT2D eigenvalue weighted by atomic mass is 10.0. The van der Waals surface area contributed by atoms with Gasteiger partial charge >= 0.3 is 0 Å². The molecule has 1 aliphatic carbocycles. The van der Waals surface area contributed by atoms with Gasteiger partial charge in [0.1, 0.15) is 6.17 Å². The van der Waals surface area contributed by atoms with E-state index < -0.39 is 0 Å². The summed E-state index contributed by atoms with van der Waals surface area (Å²) in [7, 11) is 0. The molecule has 0 spiro atoms. The topological polar surface area (TPSA) is 59.3 Å². The summed E-state index contributed by atoms with van der Waals surface area (Å²) in [6.45, 7) is 0. The van der Waals surface area contributed by atoms with Crippen LogP contribution in [0.25, 0.3) is 0 Å². The van der Waals surface area contributed by atoms with Crippen LogP contribution in [0.4, 0.5) is 0 Å². The lowest BCUT2D eigenvalue weighted by Crippen LogP contribution is -2.57. The maximum atomic E-state index is 5.60. The van der Waals surface area contributed by atoms with Crippen LogP contribution >= 0.6 is 0 Å². The molecule has 0 amide bonds. The minimum absolute atomic E-state index is 0.194. The molecule has 4 nitrogen and oxygen atoms in total. The summed E-state index contributed by atoms with van der Waals surface area (Å²) in [5.74, 6) is 0. The molecular formula is C7H11N3O. The van der Waals surface area contributed by atoms with Crippen molar-refractivity contribution < 1.29 is 4.94 Å². The lowest BCUT2D eigenvalue weighted by molar-refractivity contribution is -0.179. The Morgan fingerprint density at radius 3 is 2.64 bits per heavy atom. The van der Waals surface area contributed by atoms with E-state index in [1.165, 1.54) is 5.57 Å². The summed E-state index contributed by atoms with van der Waals surface area (Å²) in [5, 5.41) is 0. The standard InChI is InChI=1S/C7H11N3O/c8-6-3-1-5(2-4-6)7-9-11-10-7/h1,3,7,9-10H,2,4,8H2. The zero-order valence-electron chi connectivity index (χ0n) is 6.13. The van der Waals surface area contributed by atoms with Gasteiger partial charge in [0.05, 0.1) is 0 Å². The molecular weight excluding hydrogens is 142 g/mol. The molecule has 0 aromatic carbocycles. The van der Waals surface area contributed by atoms with Crippen molar-refractivity contribution >= 4 is 0 Å². The third kappa shape index (κ3) is 1.28. The van der Waals surface area contributed by atoms with E-state index in [4.69, 9.17) is 5.73 Å². The predicted molar refractivity (Wildman–Crippen MR) is 40.7 cm³/mol. The largest absolute Gasteiger partial charge is 0.402 e. The molecule has 1 fully saturated rings. The van der Waals surface area contributed by atoms with Crippen LogP contribution in [0.5, 0.6) is 0 Å². The average molecular weight is 153 g/mol. The van der Waals surface area contributed by atoms with E-state index >= 15 is 0 Å². The van der Waals surface area contributed by atoms with Crippen molar-refractivity contribution in [2.45, 2.75) is 19.0 Å². The maximum absolute atomic E-state index is 5.60. The van der Waals surface area contributed by atoms with Gasteiger partial charge in [0, 0.05) is 5.70 Å². The van der Waals surface area contributed by atoms with Crippen molar-refractivity contribution in [1.29, 1.82) is 0 Å². The van der Waals surface area contributed by atoms with Crippen molar-refractivity contribution in [3.8, 4) is 0 Å². The Balaban J connectivity index is 2.03. The van der Waals surface area contributed by atoms with E-state index in [0.29, 0.717) is 0 Å². The smallest absolute Gasteiger partial charge is 0.130 e. The van der Waals surface area contributed by atoms with Gasteiger partial charge in [-0.2, -0.15) is 11.0 Å². The summed E-state index contributed by atoms with van der Waals surface area (Å²) >= 11 is 0. The molecule has 0 saturated carbocycles. The fourth-order valence-electron chi connectivity index (χ4n) is 1.18. The fraction of sp³-hybridized carbons (Fsp3) is 0.429. The van der Waals surface area contributed by atoms with Gasteiger partial charge in [-0.15, -0.1) is 0 Å². The molecule has 0 aromatic rings. The average Bonchev–Trinajstić information content (AvgIpc) is 1.90. The molecule has 1 heterocycles. The Morgan fingerprint density at radius 2 is 2.18 bits per heavy atom. The quantitative estimate of drug-likeness (QED) is 0.493. The van der Waals surface area contributed by atoms with E-state index in [-0.39, 0.29) is 6.17 Å². The third-order valence-electron chi connectivity index (χ3n) is 1.94. The highest BCUT2D eigenvalue weighted by molar-refractivity contribution is 5.25. The first-order chi connectivity index (χ1) is 5.36. The van der Waals surface area contributed by atoms with Gasteiger partial charge in [-0.3, -0.25) is 0 Å². The van der Waals surface area contributed by atoms with Gasteiger partial charge in [0.2, 0.25) is 0 Å². The van der Waals surface area contributed by atoms with E-state index in [1.54, 1.807) is 0 Å². The van der Waals surface area contributed by atoms with Crippen LogP contribution in [0.15, 0.2) is 23.4 Å². The second-order valence-corrected chi connectivity index (χ2v) is 2.75. The summed E-state index contributed by atoms with van der Waals surface area (Å²) in [4.78, 5) is 4.62. The molecule has 0 atom stereocenters. The van der Waals surface area contributed by atoms with E-state index in [9.17, 15) is 0 Å². The molecule has 11 heavy (non-hydrogen) atoms. The minimum Gasteiger partial charge on any atom is -0.402 e. The summed E-state index contributed by atoms with van der Waals surface area (Å²) in [5.41, 5.74) is 13.4. The monoisotopic (exact) mass is 153 g/mol. The highest BCUT2D eigenvalue weighted by Gasteiger charge is 2.22. The highest BCUT2D eigenvalue weighted by Crippen LogP contribution is 2.18. The van der Waals surface area contributed by atoms with Crippen LogP contribution < -0.4 is 16.7 Å². The first-order valence-electron chi connectivity index (χ1n) is 3.68. The number of hydroxylamine groups is 2. The summed E-state index contributed by atoms with van der Waals surface area (Å²) in [6, 6.07) is 0. The van der Waals surface area contributed by atoms with Crippen LogP contribution in [0.1, 0.15) is 12.8 Å². The van der Waals surface area contributed by atoms with Crippen molar-refractivity contribution in [3.05, 3.63) is 23.4 Å². The van der Waals surface area contributed by atoms with E-state index in [2.05, 4.69) is 15.9 Å². The fourth-order valence-corrected chi connectivity index (χ4v) is 1.18. The molecule has 4 N–H and O–H groups in total. The van der Waals surface area contributed by atoms with Crippen LogP contribution in [0.3, 0.4) is 0 Å². The zero-order valence-corrected chi connectivity index (χ0v) is 6.13. The summed E-state index contributed by atoms with van der Waals surface area (Å²) < 4.78 is 0. The van der Waals surface area contributed by atoms with E-state index in [0.717, 1.165) is 18.5 Å².